The zero-order valence-corrected chi connectivity index (χ0v) is 14.6. The first-order chi connectivity index (χ1) is 12.9. The summed E-state index contributed by atoms with van der Waals surface area (Å²) in [5.41, 5.74) is 2.74. The van der Waals surface area contributed by atoms with Gasteiger partial charge in [-0.15, -0.1) is 12.6 Å². The molecule has 1 aliphatic heterocycles. The molecule has 0 bridgehead atoms. The molecule has 2 aliphatic rings. The Hall–Kier alpha value is -3.10. The highest BCUT2D eigenvalue weighted by molar-refractivity contribution is 7.80. The number of aromatic carboxylic acids is 1. The second-order valence-corrected chi connectivity index (χ2v) is 6.61. The molecule has 0 saturated heterocycles. The normalized spacial score (nSPS) is 15.3. The number of fused-ring (bicyclic) bond motifs is 1. The molecule has 0 unspecified atom stereocenters. The molecule has 1 fully saturated rings. The van der Waals surface area contributed by atoms with Gasteiger partial charge in [0.1, 0.15) is 11.3 Å². The number of pyridine rings is 1. The molecular weight excluding hydrogens is 378 g/mol. The van der Waals surface area contributed by atoms with E-state index >= 15 is 4.39 Å². The van der Waals surface area contributed by atoms with Crippen LogP contribution in [0.4, 0.5) is 14.5 Å². The number of nitrogens with zero attached hydrogens (tertiary/aromatic N) is 2. The van der Waals surface area contributed by atoms with Gasteiger partial charge in [0.2, 0.25) is 5.43 Å². The highest BCUT2D eigenvalue weighted by atomic mass is 32.1. The highest BCUT2D eigenvalue weighted by Gasteiger charge is 2.32. The van der Waals surface area contributed by atoms with Crippen LogP contribution in [0.25, 0.3) is 10.9 Å². The van der Waals surface area contributed by atoms with Crippen molar-refractivity contribution >= 4 is 47.2 Å². The molecule has 27 heavy (non-hydrogen) atoms. The maximum absolute atomic E-state index is 15.2. The Morgan fingerprint density at radius 1 is 1.30 bits per heavy atom. The van der Waals surface area contributed by atoms with E-state index in [1.165, 1.54) is 10.8 Å². The molecule has 2 heterocycles. The lowest BCUT2D eigenvalue weighted by Crippen LogP contribution is -2.30. The van der Waals surface area contributed by atoms with Crippen LogP contribution in [0.2, 0.25) is 0 Å². The fourth-order valence-electron chi connectivity index (χ4n) is 2.92. The van der Waals surface area contributed by atoms with Crippen LogP contribution in [-0.4, -0.2) is 27.7 Å². The van der Waals surface area contributed by atoms with Crippen molar-refractivity contribution in [3.63, 3.8) is 0 Å². The Morgan fingerprint density at radius 2 is 2.04 bits per heavy atom. The summed E-state index contributed by atoms with van der Waals surface area (Å²) in [6.07, 6.45) is 7.24. The SMILES string of the molecule is O=C(O)c1cn(C2CC2)c2c(F)c(NNC3=[N+]=CC=C3)c(F)c(S)c2c1=O. The van der Waals surface area contributed by atoms with Crippen LogP contribution >= 0.6 is 12.6 Å². The fraction of sp³-hybridized carbons (Fsp3) is 0.176. The van der Waals surface area contributed by atoms with Crippen molar-refractivity contribution < 1.29 is 18.7 Å². The van der Waals surface area contributed by atoms with E-state index in [0.717, 1.165) is 6.20 Å². The van der Waals surface area contributed by atoms with Gasteiger partial charge in [0, 0.05) is 18.3 Å². The fourth-order valence-corrected chi connectivity index (χ4v) is 3.24. The van der Waals surface area contributed by atoms with Crippen molar-refractivity contribution in [3.8, 4) is 0 Å². The summed E-state index contributed by atoms with van der Waals surface area (Å²) < 4.78 is 35.2. The summed E-state index contributed by atoms with van der Waals surface area (Å²) in [6.45, 7) is 0. The first kappa shape index (κ1) is 17.3. The minimum absolute atomic E-state index is 0.156. The molecule has 7 nitrogen and oxygen atoms in total. The van der Waals surface area contributed by atoms with E-state index in [9.17, 15) is 19.1 Å². The lowest BCUT2D eigenvalue weighted by molar-refractivity contribution is 0.0694. The Labute approximate surface area is 156 Å². The third-order valence-corrected chi connectivity index (χ3v) is 4.79. The molecule has 0 atom stereocenters. The van der Waals surface area contributed by atoms with Crippen LogP contribution in [0.15, 0.2) is 28.0 Å². The Bertz CT molecular complexity index is 1160. The van der Waals surface area contributed by atoms with E-state index in [2.05, 4.69) is 28.1 Å². The number of anilines is 1. The number of rotatable bonds is 4. The largest absolute Gasteiger partial charge is 0.477 e. The van der Waals surface area contributed by atoms with Gasteiger partial charge in [0.15, 0.2) is 17.8 Å². The number of hydrogen-bond acceptors (Lipinski definition) is 5. The molecule has 1 saturated carbocycles. The van der Waals surface area contributed by atoms with Crippen molar-refractivity contribution in [2.24, 2.45) is 0 Å². The third kappa shape index (κ3) is 2.79. The van der Waals surface area contributed by atoms with Gasteiger partial charge in [-0.05, 0) is 12.8 Å². The number of nitrogens with one attached hydrogen (secondary N) is 2. The molecule has 0 amide bonds. The third-order valence-electron chi connectivity index (χ3n) is 4.37. The monoisotopic (exact) mass is 391 g/mol. The van der Waals surface area contributed by atoms with Gasteiger partial charge in [0.05, 0.1) is 21.9 Å². The molecule has 138 valence electrons. The number of carboxylic acid groups (broad SMARTS) is 1. The van der Waals surface area contributed by atoms with Gasteiger partial charge in [-0.1, -0.05) is 0 Å². The number of hydrogen-bond donors (Lipinski definition) is 4. The van der Waals surface area contributed by atoms with Crippen LogP contribution in [-0.2, 0) is 0 Å². The highest BCUT2D eigenvalue weighted by Crippen LogP contribution is 2.40. The Morgan fingerprint density at radius 3 is 2.63 bits per heavy atom. The van der Waals surface area contributed by atoms with Gasteiger partial charge >= 0.3 is 11.8 Å². The summed E-state index contributed by atoms with van der Waals surface area (Å²) in [7, 11) is 0. The topological polar surface area (TPSA) is 97.5 Å². The number of carboxylic acids is 1. The van der Waals surface area contributed by atoms with E-state index in [-0.39, 0.29) is 11.6 Å². The summed E-state index contributed by atoms with van der Waals surface area (Å²) in [6, 6.07) is -0.156. The maximum Gasteiger partial charge on any atom is 0.390 e. The van der Waals surface area contributed by atoms with Gasteiger partial charge in [0.25, 0.3) is 0 Å². The first-order valence-corrected chi connectivity index (χ1v) is 8.46. The molecule has 1 aliphatic carbocycles. The summed E-state index contributed by atoms with van der Waals surface area (Å²) in [5, 5.41) is 8.88. The van der Waals surface area contributed by atoms with Gasteiger partial charge in [-0.2, -0.15) is 5.43 Å². The van der Waals surface area contributed by atoms with Crippen molar-refractivity contribution in [3.05, 3.63) is 45.8 Å². The lowest BCUT2D eigenvalue weighted by atomic mass is 10.1. The minimum atomic E-state index is -1.46. The Kier molecular flexibility index (Phi) is 4.01. The molecule has 2 aromatic rings. The van der Waals surface area contributed by atoms with Crippen LogP contribution in [0, 0.1) is 11.6 Å². The molecule has 4 rings (SSSR count). The number of thiol groups is 1. The quantitative estimate of drug-likeness (QED) is 0.361. The maximum atomic E-state index is 15.2. The van der Waals surface area contributed by atoms with Crippen LogP contribution < -0.4 is 20.9 Å². The number of hydrazine groups is 1. The molecule has 1 aromatic carbocycles. The summed E-state index contributed by atoms with van der Waals surface area (Å²) in [5.74, 6) is -3.24. The molecule has 3 N–H and O–H groups in total. The van der Waals surface area contributed by atoms with E-state index in [1.807, 2.05) is 0 Å². The Balaban J connectivity index is 1.97. The number of allylic oxidation sites excluding steroid dienone is 1. The van der Waals surface area contributed by atoms with E-state index < -0.39 is 44.6 Å². The number of benzene rings is 1. The smallest absolute Gasteiger partial charge is 0.390 e. The zero-order chi connectivity index (χ0) is 19.3. The average molecular weight is 391 g/mol. The lowest BCUT2D eigenvalue weighted by Gasteiger charge is -2.16. The van der Waals surface area contributed by atoms with Crippen LogP contribution in [0.3, 0.4) is 0 Å². The second-order valence-electron chi connectivity index (χ2n) is 6.16. The average Bonchev–Trinajstić information content (AvgIpc) is 3.34. The van der Waals surface area contributed by atoms with Gasteiger partial charge < -0.3 is 9.67 Å². The summed E-state index contributed by atoms with van der Waals surface area (Å²) in [4.78, 5) is 23.5. The molecule has 1 aromatic heterocycles. The number of carbonyl (C=O) groups is 1. The van der Waals surface area contributed by atoms with E-state index in [1.54, 1.807) is 12.2 Å². The molecule has 0 spiro atoms. The predicted octanol–water partition coefficient (Wildman–Crippen LogP) is 1.62. The van der Waals surface area contributed by atoms with Crippen LogP contribution in [0.5, 0.6) is 0 Å². The van der Waals surface area contributed by atoms with E-state index in [4.69, 9.17) is 0 Å². The standard InChI is InChI=1S/C17H12F2N4O3S/c18-11-13(22-21-9-2-1-5-20-9)12(19)16(27)10-14(11)23(7-3-4-7)6-8(15(10)24)17(25)26/h1-2,5-7H,3-4H2,(H3,20,22,24,25,26,27)/p+1. The van der Waals surface area contributed by atoms with Crippen molar-refractivity contribution in [2.75, 3.05) is 5.43 Å². The minimum Gasteiger partial charge on any atom is -0.477 e. The number of aromatic nitrogens is 1. The van der Waals surface area contributed by atoms with Crippen molar-refractivity contribution in [1.29, 1.82) is 0 Å². The predicted molar refractivity (Wildman–Crippen MR) is 99.7 cm³/mol. The van der Waals surface area contributed by atoms with Gasteiger partial charge in [-0.25, -0.2) is 23.7 Å². The molecule has 10 heteroatoms. The number of amidine groups is 1. The number of halogens is 2. The molecular formula is C17H13F2N4O3S+. The first-order valence-electron chi connectivity index (χ1n) is 8.02. The van der Waals surface area contributed by atoms with Crippen molar-refractivity contribution in [2.45, 2.75) is 23.8 Å². The second kappa shape index (κ2) is 6.26. The summed E-state index contributed by atoms with van der Waals surface area (Å²) >= 11 is 4.04. The zero-order valence-electron chi connectivity index (χ0n) is 13.7. The van der Waals surface area contributed by atoms with Crippen LogP contribution in [0.1, 0.15) is 29.2 Å². The molecule has 0 radical (unpaired) electrons. The van der Waals surface area contributed by atoms with Crippen molar-refractivity contribution in [1.82, 2.24) is 14.7 Å². The van der Waals surface area contributed by atoms with Gasteiger partial charge in [-0.3, -0.25) is 4.79 Å². The van der Waals surface area contributed by atoms with E-state index in [0.29, 0.717) is 18.7 Å².